The average molecular weight is 388 g/mol. The maximum atomic E-state index is 12.8. The van der Waals surface area contributed by atoms with E-state index in [9.17, 15) is 9.59 Å². The fraction of sp³-hybridized carbons (Fsp3) is 0.400. The number of hydrogen-bond acceptors (Lipinski definition) is 4. The van der Waals surface area contributed by atoms with E-state index < -0.39 is 5.97 Å². The minimum atomic E-state index is -0.855. The first-order chi connectivity index (χ1) is 13.1. The summed E-state index contributed by atoms with van der Waals surface area (Å²) in [6.45, 7) is 1.53. The second kappa shape index (κ2) is 9.53. The lowest BCUT2D eigenvalue weighted by atomic mass is 10.0. The number of aliphatic carboxylic acids is 1. The topological polar surface area (TPSA) is 78.9 Å². The number of carboxylic acids is 1. The zero-order valence-corrected chi connectivity index (χ0v) is 15.9. The number of carboxylic acid groups (broad SMARTS) is 1. The van der Waals surface area contributed by atoms with E-state index in [4.69, 9.17) is 9.84 Å². The van der Waals surface area contributed by atoms with Crippen molar-refractivity contribution in [3.8, 4) is 0 Å². The van der Waals surface area contributed by atoms with E-state index in [1.165, 1.54) is 0 Å². The predicted molar refractivity (Wildman–Crippen MR) is 104 cm³/mol. The van der Waals surface area contributed by atoms with Gasteiger partial charge < -0.3 is 20.1 Å². The van der Waals surface area contributed by atoms with E-state index in [2.05, 4.69) is 5.32 Å². The summed E-state index contributed by atoms with van der Waals surface area (Å²) in [7, 11) is 0. The molecular weight excluding hydrogens is 364 g/mol. The number of carbonyl (C=O) groups excluding carboxylic acids is 1. The number of benzene rings is 1. The highest BCUT2D eigenvalue weighted by atomic mass is 32.1. The third kappa shape index (κ3) is 5.80. The Balaban J connectivity index is 1.61. The van der Waals surface area contributed by atoms with Crippen LogP contribution in [0.15, 0.2) is 47.8 Å². The fourth-order valence-corrected chi connectivity index (χ4v) is 3.93. The maximum absolute atomic E-state index is 12.8. The van der Waals surface area contributed by atoms with Gasteiger partial charge in [-0.1, -0.05) is 36.4 Å². The van der Waals surface area contributed by atoms with Crippen molar-refractivity contribution in [3.63, 3.8) is 0 Å². The largest absolute Gasteiger partial charge is 0.481 e. The Hall–Kier alpha value is -2.38. The molecule has 27 heavy (non-hydrogen) atoms. The fourth-order valence-electron chi connectivity index (χ4n) is 3.17. The quantitative estimate of drug-likeness (QED) is 0.763. The van der Waals surface area contributed by atoms with Gasteiger partial charge in [0, 0.05) is 23.9 Å². The molecule has 0 bridgehead atoms. The van der Waals surface area contributed by atoms with Gasteiger partial charge in [-0.05, 0) is 29.9 Å². The van der Waals surface area contributed by atoms with E-state index >= 15 is 0 Å². The molecular formula is C20H24N2O4S. The SMILES string of the molecule is O=C(O)CCC(Cc1ccccc1)NC(=O)N1CCOC(c2cccs2)C1. The molecule has 1 saturated heterocycles. The number of urea groups is 1. The van der Waals surface area contributed by atoms with Gasteiger partial charge in [-0.2, -0.15) is 0 Å². The van der Waals surface area contributed by atoms with Crippen LogP contribution in [0.3, 0.4) is 0 Å². The van der Waals surface area contributed by atoms with Crippen molar-refractivity contribution in [2.75, 3.05) is 19.7 Å². The van der Waals surface area contributed by atoms with Gasteiger partial charge >= 0.3 is 12.0 Å². The minimum Gasteiger partial charge on any atom is -0.481 e. The van der Waals surface area contributed by atoms with E-state index in [-0.39, 0.29) is 24.6 Å². The van der Waals surface area contributed by atoms with Gasteiger partial charge in [0.2, 0.25) is 0 Å². The van der Waals surface area contributed by atoms with Crippen LogP contribution in [0.4, 0.5) is 4.79 Å². The summed E-state index contributed by atoms with van der Waals surface area (Å²) >= 11 is 1.62. The number of nitrogens with one attached hydrogen (secondary N) is 1. The standard InChI is InChI=1S/C20H24N2O4S/c23-19(24)9-8-16(13-15-5-2-1-3-6-15)21-20(25)22-10-11-26-17(14-22)18-7-4-12-27-18/h1-7,12,16-17H,8-11,13-14H2,(H,21,25)(H,23,24). The van der Waals surface area contributed by atoms with Crippen molar-refractivity contribution < 1.29 is 19.4 Å². The van der Waals surface area contributed by atoms with Gasteiger partial charge in [-0.25, -0.2) is 4.79 Å². The van der Waals surface area contributed by atoms with Gasteiger partial charge in [-0.15, -0.1) is 11.3 Å². The Morgan fingerprint density at radius 2 is 2.07 bits per heavy atom. The van der Waals surface area contributed by atoms with Gasteiger partial charge in [0.05, 0.1) is 13.2 Å². The van der Waals surface area contributed by atoms with Crippen LogP contribution in [0.1, 0.15) is 29.4 Å². The second-order valence-electron chi connectivity index (χ2n) is 6.59. The van der Waals surface area contributed by atoms with Crippen molar-refractivity contribution in [1.82, 2.24) is 10.2 Å². The summed E-state index contributed by atoms with van der Waals surface area (Å²) in [5.74, 6) is -0.855. The molecule has 0 spiro atoms. The molecule has 0 aliphatic carbocycles. The van der Waals surface area contributed by atoms with Gasteiger partial charge in [0.25, 0.3) is 0 Å². The van der Waals surface area contributed by atoms with Crippen molar-refractivity contribution >= 4 is 23.3 Å². The molecule has 144 valence electrons. The van der Waals surface area contributed by atoms with Crippen molar-refractivity contribution in [2.24, 2.45) is 0 Å². The number of morpholine rings is 1. The zero-order valence-electron chi connectivity index (χ0n) is 15.0. The lowest BCUT2D eigenvalue weighted by Gasteiger charge is -2.33. The minimum absolute atomic E-state index is 0.0265. The highest BCUT2D eigenvalue weighted by Crippen LogP contribution is 2.26. The van der Waals surface area contributed by atoms with Gasteiger partial charge in [0.15, 0.2) is 0 Å². The third-order valence-corrected chi connectivity index (χ3v) is 5.54. The van der Waals surface area contributed by atoms with Crippen LogP contribution < -0.4 is 5.32 Å². The molecule has 2 heterocycles. The van der Waals surface area contributed by atoms with Crippen molar-refractivity contribution in [2.45, 2.75) is 31.4 Å². The summed E-state index contributed by atoms with van der Waals surface area (Å²) < 4.78 is 5.79. The van der Waals surface area contributed by atoms with Crippen LogP contribution in [0.5, 0.6) is 0 Å². The van der Waals surface area contributed by atoms with Crippen LogP contribution in [0.25, 0.3) is 0 Å². The first-order valence-corrected chi connectivity index (χ1v) is 9.96. The molecule has 1 aliphatic heterocycles. The summed E-state index contributed by atoms with van der Waals surface area (Å²) in [4.78, 5) is 26.6. The Bertz CT molecular complexity index is 736. The molecule has 1 aromatic carbocycles. The molecule has 0 radical (unpaired) electrons. The number of nitrogens with zero attached hydrogens (tertiary/aromatic N) is 1. The molecule has 3 rings (SSSR count). The lowest BCUT2D eigenvalue weighted by Crippen LogP contribution is -2.50. The predicted octanol–water partition coefficient (Wildman–Crippen LogP) is 3.31. The molecule has 2 N–H and O–H groups in total. The van der Waals surface area contributed by atoms with Crippen LogP contribution in [-0.2, 0) is 16.0 Å². The van der Waals surface area contributed by atoms with Crippen LogP contribution >= 0.6 is 11.3 Å². The Morgan fingerprint density at radius 1 is 1.26 bits per heavy atom. The van der Waals surface area contributed by atoms with Gasteiger partial charge in [0.1, 0.15) is 6.10 Å². The smallest absolute Gasteiger partial charge is 0.317 e. The molecule has 1 aromatic heterocycles. The first kappa shape index (κ1) is 19.4. The van der Waals surface area contributed by atoms with E-state index in [1.807, 2.05) is 47.8 Å². The Labute approximate surface area is 162 Å². The normalized spacial score (nSPS) is 18.1. The molecule has 0 saturated carbocycles. The highest BCUT2D eigenvalue weighted by Gasteiger charge is 2.27. The van der Waals surface area contributed by atoms with Crippen LogP contribution in [0, 0.1) is 0 Å². The second-order valence-corrected chi connectivity index (χ2v) is 7.57. The molecule has 2 amide bonds. The average Bonchev–Trinajstić information content (AvgIpc) is 3.22. The molecule has 2 aromatic rings. The number of hydrogen-bond donors (Lipinski definition) is 2. The number of thiophene rings is 1. The summed E-state index contributed by atoms with van der Waals surface area (Å²) in [6.07, 6.45) is 0.933. The Morgan fingerprint density at radius 3 is 2.78 bits per heavy atom. The molecule has 7 heteroatoms. The summed E-state index contributed by atoms with van der Waals surface area (Å²) in [6, 6.07) is 13.4. The molecule has 2 unspecified atom stereocenters. The number of ether oxygens (including phenoxy) is 1. The van der Waals surface area contributed by atoms with Crippen LogP contribution in [-0.4, -0.2) is 47.7 Å². The molecule has 1 fully saturated rings. The van der Waals surface area contributed by atoms with Crippen molar-refractivity contribution in [3.05, 3.63) is 58.3 Å². The lowest BCUT2D eigenvalue weighted by molar-refractivity contribution is -0.137. The molecule has 6 nitrogen and oxygen atoms in total. The maximum Gasteiger partial charge on any atom is 0.317 e. The number of amides is 2. The number of rotatable bonds is 7. The number of carbonyl (C=O) groups is 2. The van der Waals surface area contributed by atoms with Crippen LogP contribution in [0.2, 0.25) is 0 Å². The molecule has 1 aliphatic rings. The summed E-state index contributed by atoms with van der Waals surface area (Å²) in [5.41, 5.74) is 1.08. The first-order valence-electron chi connectivity index (χ1n) is 9.08. The highest BCUT2D eigenvalue weighted by molar-refractivity contribution is 7.10. The third-order valence-electron chi connectivity index (χ3n) is 4.57. The monoisotopic (exact) mass is 388 g/mol. The van der Waals surface area contributed by atoms with Gasteiger partial charge in [-0.3, -0.25) is 4.79 Å². The zero-order chi connectivity index (χ0) is 19.1. The van der Waals surface area contributed by atoms with Crippen molar-refractivity contribution in [1.29, 1.82) is 0 Å². The van der Waals surface area contributed by atoms with E-state index in [0.29, 0.717) is 32.5 Å². The molecule has 2 atom stereocenters. The summed E-state index contributed by atoms with van der Waals surface area (Å²) in [5, 5.41) is 14.0. The Kier molecular flexibility index (Phi) is 6.84. The van der Waals surface area contributed by atoms with E-state index in [0.717, 1.165) is 10.4 Å². The van der Waals surface area contributed by atoms with E-state index in [1.54, 1.807) is 16.2 Å².